The number of piperidine rings is 1. The third-order valence-corrected chi connectivity index (χ3v) is 4.87. The van der Waals surface area contributed by atoms with E-state index < -0.39 is 0 Å². The number of likely N-dealkylation sites (tertiary alicyclic amines) is 2. The van der Waals surface area contributed by atoms with Crippen molar-refractivity contribution in [2.75, 3.05) is 19.6 Å². The Morgan fingerprint density at radius 3 is 2.00 bits per heavy atom. The highest BCUT2D eigenvalue weighted by Gasteiger charge is 2.47. The van der Waals surface area contributed by atoms with E-state index in [-0.39, 0.29) is 0 Å². The molecule has 0 aromatic carbocycles. The summed E-state index contributed by atoms with van der Waals surface area (Å²) in [5.41, 5.74) is 0.875. The standard InChI is InChI=1S/C15H30N2/c1-13(2)16-11-8-15(9-12-16)7-6-10-17(15)14(3,4)5/h13H,6-12H2,1-5H3. The molecular formula is C15H30N2. The van der Waals surface area contributed by atoms with Crippen LogP contribution < -0.4 is 0 Å². The molecule has 0 aromatic heterocycles. The number of nitrogens with zero attached hydrogens (tertiary/aromatic N) is 2. The topological polar surface area (TPSA) is 6.48 Å². The fraction of sp³-hybridized carbons (Fsp3) is 1.00. The van der Waals surface area contributed by atoms with Crippen LogP contribution in [0.4, 0.5) is 0 Å². The van der Waals surface area contributed by atoms with E-state index in [2.05, 4.69) is 44.4 Å². The fourth-order valence-electron chi connectivity index (χ4n) is 3.96. The minimum Gasteiger partial charge on any atom is -0.301 e. The maximum absolute atomic E-state index is 2.80. The van der Waals surface area contributed by atoms with Crippen LogP contribution in [0.2, 0.25) is 0 Å². The van der Waals surface area contributed by atoms with Gasteiger partial charge in [-0.3, -0.25) is 4.90 Å². The number of hydrogen-bond donors (Lipinski definition) is 0. The van der Waals surface area contributed by atoms with E-state index in [4.69, 9.17) is 0 Å². The molecule has 0 aromatic rings. The predicted molar refractivity (Wildman–Crippen MR) is 74.4 cm³/mol. The molecule has 100 valence electrons. The van der Waals surface area contributed by atoms with Crippen LogP contribution in [-0.2, 0) is 0 Å². The summed E-state index contributed by atoms with van der Waals surface area (Å²) in [5.74, 6) is 0. The molecule has 0 unspecified atom stereocenters. The van der Waals surface area contributed by atoms with Crippen molar-refractivity contribution in [2.24, 2.45) is 0 Å². The van der Waals surface area contributed by atoms with Gasteiger partial charge in [-0.15, -0.1) is 0 Å². The van der Waals surface area contributed by atoms with Gasteiger partial charge in [0.05, 0.1) is 0 Å². The van der Waals surface area contributed by atoms with Gasteiger partial charge >= 0.3 is 0 Å². The Labute approximate surface area is 107 Å². The first-order valence-electron chi connectivity index (χ1n) is 7.37. The number of rotatable bonds is 1. The molecule has 2 aliphatic heterocycles. The first-order chi connectivity index (χ1) is 7.85. The van der Waals surface area contributed by atoms with Gasteiger partial charge in [0.25, 0.3) is 0 Å². The van der Waals surface area contributed by atoms with Crippen molar-refractivity contribution in [2.45, 2.75) is 77.4 Å². The van der Waals surface area contributed by atoms with Crippen LogP contribution in [0.5, 0.6) is 0 Å². The first kappa shape index (κ1) is 13.4. The lowest BCUT2D eigenvalue weighted by Gasteiger charge is -2.51. The van der Waals surface area contributed by atoms with Gasteiger partial charge < -0.3 is 4.90 Å². The summed E-state index contributed by atoms with van der Waals surface area (Å²) in [4.78, 5) is 5.45. The lowest BCUT2D eigenvalue weighted by Crippen LogP contribution is -2.58. The van der Waals surface area contributed by atoms with Crippen LogP contribution in [0, 0.1) is 0 Å². The average molecular weight is 238 g/mol. The van der Waals surface area contributed by atoms with Crippen LogP contribution in [0.15, 0.2) is 0 Å². The molecule has 0 saturated carbocycles. The summed E-state index contributed by atoms with van der Waals surface area (Å²) in [6, 6.07) is 0.719. The third-order valence-electron chi connectivity index (χ3n) is 4.87. The zero-order chi connectivity index (χ0) is 12.7. The smallest absolute Gasteiger partial charge is 0.0239 e. The summed E-state index contributed by atoms with van der Waals surface area (Å²) in [6.07, 6.45) is 5.58. The molecule has 0 bridgehead atoms. The summed E-state index contributed by atoms with van der Waals surface area (Å²) < 4.78 is 0. The lowest BCUT2D eigenvalue weighted by atomic mass is 9.82. The molecular weight excluding hydrogens is 208 g/mol. The van der Waals surface area contributed by atoms with Crippen LogP contribution in [0.25, 0.3) is 0 Å². The highest BCUT2D eigenvalue weighted by molar-refractivity contribution is 5.03. The molecule has 2 rings (SSSR count). The van der Waals surface area contributed by atoms with Gasteiger partial charge in [-0.25, -0.2) is 0 Å². The number of hydrogen-bond acceptors (Lipinski definition) is 2. The second-order valence-electron chi connectivity index (χ2n) is 7.28. The van der Waals surface area contributed by atoms with Crippen LogP contribution >= 0.6 is 0 Å². The summed E-state index contributed by atoms with van der Waals surface area (Å²) in [7, 11) is 0. The van der Waals surface area contributed by atoms with Crippen LogP contribution in [0.1, 0.15) is 60.3 Å². The zero-order valence-corrected chi connectivity index (χ0v) is 12.4. The molecule has 0 radical (unpaired) electrons. The zero-order valence-electron chi connectivity index (χ0n) is 12.4. The molecule has 0 N–H and O–H groups in total. The Kier molecular flexibility index (Phi) is 3.57. The molecule has 2 heterocycles. The molecule has 0 aliphatic carbocycles. The predicted octanol–water partition coefficient (Wildman–Crippen LogP) is 3.12. The van der Waals surface area contributed by atoms with Crippen molar-refractivity contribution >= 4 is 0 Å². The Morgan fingerprint density at radius 1 is 0.941 bits per heavy atom. The van der Waals surface area contributed by atoms with E-state index in [1.54, 1.807) is 0 Å². The molecule has 2 fully saturated rings. The van der Waals surface area contributed by atoms with Crippen molar-refractivity contribution in [1.82, 2.24) is 9.80 Å². The second-order valence-corrected chi connectivity index (χ2v) is 7.28. The van der Waals surface area contributed by atoms with E-state index in [1.807, 2.05) is 0 Å². The molecule has 2 aliphatic rings. The molecule has 2 heteroatoms. The molecule has 17 heavy (non-hydrogen) atoms. The Morgan fingerprint density at radius 2 is 1.53 bits per heavy atom. The SMILES string of the molecule is CC(C)N1CCC2(CCCN2C(C)(C)C)CC1. The van der Waals surface area contributed by atoms with E-state index in [9.17, 15) is 0 Å². The highest BCUT2D eigenvalue weighted by atomic mass is 15.3. The van der Waals surface area contributed by atoms with E-state index >= 15 is 0 Å². The van der Waals surface area contributed by atoms with Crippen molar-refractivity contribution in [1.29, 1.82) is 0 Å². The molecule has 0 atom stereocenters. The van der Waals surface area contributed by atoms with E-state index in [0.717, 1.165) is 6.04 Å². The third kappa shape index (κ3) is 2.53. The van der Waals surface area contributed by atoms with Crippen LogP contribution in [-0.4, -0.2) is 46.6 Å². The van der Waals surface area contributed by atoms with Crippen molar-refractivity contribution < 1.29 is 0 Å². The molecule has 1 spiro atoms. The Hall–Kier alpha value is -0.0800. The van der Waals surface area contributed by atoms with Crippen molar-refractivity contribution in [3.05, 3.63) is 0 Å². The minimum absolute atomic E-state index is 0.344. The van der Waals surface area contributed by atoms with E-state index in [0.29, 0.717) is 11.1 Å². The van der Waals surface area contributed by atoms with E-state index in [1.165, 1.54) is 45.3 Å². The minimum atomic E-state index is 0.344. The van der Waals surface area contributed by atoms with Crippen molar-refractivity contribution in [3.8, 4) is 0 Å². The highest BCUT2D eigenvalue weighted by Crippen LogP contribution is 2.42. The largest absolute Gasteiger partial charge is 0.301 e. The van der Waals surface area contributed by atoms with Gasteiger partial charge in [0.15, 0.2) is 0 Å². The maximum Gasteiger partial charge on any atom is 0.0239 e. The Bertz CT molecular complexity index is 257. The van der Waals surface area contributed by atoms with Gasteiger partial charge in [0.1, 0.15) is 0 Å². The molecule has 2 nitrogen and oxygen atoms in total. The van der Waals surface area contributed by atoms with Gasteiger partial charge in [-0.1, -0.05) is 0 Å². The van der Waals surface area contributed by atoms with Gasteiger partial charge in [-0.2, -0.15) is 0 Å². The first-order valence-corrected chi connectivity index (χ1v) is 7.37. The fourth-order valence-corrected chi connectivity index (χ4v) is 3.96. The second kappa shape index (κ2) is 4.55. The summed E-state index contributed by atoms with van der Waals surface area (Å²) in [6.45, 7) is 15.7. The van der Waals surface area contributed by atoms with Crippen LogP contribution in [0.3, 0.4) is 0 Å². The summed E-state index contributed by atoms with van der Waals surface area (Å²) in [5, 5.41) is 0. The summed E-state index contributed by atoms with van der Waals surface area (Å²) >= 11 is 0. The average Bonchev–Trinajstić information content (AvgIpc) is 2.62. The van der Waals surface area contributed by atoms with Gasteiger partial charge in [0, 0.05) is 30.2 Å². The monoisotopic (exact) mass is 238 g/mol. The van der Waals surface area contributed by atoms with Gasteiger partial charge in [-0.05, 0) is 66.8 Å². The van der Waals surface area contributed by atoms with Crippen molar-refractivity contribution in [3.63, 3.8) is 0 Å². The Balaban J connectivity index is 2.06. The maximum atomic E-state index is 2.80. The molecule has 2 saturated heterocycles. The normalized spacial score (nSPS) is 27.2. The molecule has 0 amide bonds. The lowest BCUT2D eigenvalue weighted by molar-refractivity contribution is -0.00989. The van der Waals surface area contributed by atoms with Gasteiger partial charge in [0.2, 0.25) is 0 Å². The quantitative estimate of drug-likeness (QED) is 0.692.